The summed E-state index contributed by atoms with van der Waals surface area (Å²) < 4.78 is 67.9. The first-order valence-electron chi connectivity index (χ1n) is 35.4. The SMILES string of the molecule is CCCCCCCC(=O)OC[C@H](COP(=O)(O)OC[C@H](O)COP(=O)(O)OC[C@@H](COC(=O)CCCCCCCCCCCCC(C)CC)OC(=O)CCCCCCCCCCCCCCCCCCC(C)C)OC(=O)CCCCCCCCC(C)C. The van der Waals surface area contributed by atoms with Crippen LogP contribution < -0.4 is 0 Å². The number of aliphatic hydroxyl groups is 1. The number of carbonyl (C=O) groups excluding carboxylic acids is 4. The fraction of sp³-hybridized carbons (Fsp3) is 0.941. The summed E-state index contributed by atoms with van der Waals surface area (Å²) in [4.78, 5) is 72.1. The summed E-state index contributed by atoms with van der Waals surface area (Å²) in [7, 11) is -9.89. The van der Waals surface area contributed by atoms with E-state index in [0.29, 0.717) is 31.6 Å². The average Bonchev–Trinajstić information content (AvgIpc) is 3.63. The van der Waals surface area contributed by atoms with Gasteiger partial charge in [-0.25, -0.2) is 9.13 Å². The standard InChI is InChI=1S/C68H132O17P2/c1-8-10-11-32-42-49-65(70)78-55-63(85-68(73)52-45-38-31-30-34-40-47-60(5)6)57-82-86(74,75)80-53-62(69)54-81-87(76,77)83-58-64(56-79-66(71)50-43-36-28-24-21-20-23-27-35-41-48-61(7)9-2)84-67(72)51-44-37-29-25-19-17-15-13-12-14-16-18-22-26-33-39-46-59(3)4/h59-64,69H,8-58H2,1-7H3,(H,74,75)(H,76,77)/t61?,62-,63+,64+/m0/s1. The molecule has 0 aliphatic carbocycles. The number of aliphatic hydroxyl groups excluding tert-OH is 1. The topological polar surface area (TPSA) is 237 Å². The predicted octanol–water partition coefficient (Wildman–Crippen LogP) is 19.1. The minimum absolute atomic E-state index is 0.101. The van der Waals surface area contributed by atoms with E-state index in [2.05, 4.69) is 48.5 Å². The van der Waals surface area contributed by atoms with Gasteiger partial charge in [-0.3, -0.25) is 37.3 Å². The van der Waals surface area contributed by atoms with Gasteiger partial charge in [-0.05, 0) is 43.4 Å². The van der Waals surface area contributed by atoms with Gasteiger partial charge in [0.1, 0.15) is 19.3 Å². The Bertz CT molecular complexity index is 1720. The lowest BCUT2D eigenvalue weighted by Gasteiger charge is -2.21. The number of phosphoric acid groups is 2. The fourth-order valence-corrected chi connectivity index (χ4v) is 11.7. The largest absolute Gasteiger partial charge is 0.472 e. The zero-order chi connectivity index (χ0) is 64.5. The highest BCUT2D eigenvalue weighted by Crippen LogP contribution is 2.45. The van der Waals surface area contributed by atoms with E-state index in [1.54, 1.807) is 0 Å². The molecule has 0 heterocycles. The van der Waals surface area contributed by atoms with E-state index < -0.39 is 97.5 Å². The fourth-order valence-electron chi connectivity index (χ4n) is 10.2. The number of unbranched alkanes of at least 4 members (excludes halogenated alkanes) is 33. The van der Waals surface area contributed by atoms with Crippen molar-refractivity contribution >= 4 is 39.5 Å². The minimum Gasteiger partial charge on any atom is -0.462 e. The second-order valence-corrected chi connectivity index (χ2v) is 28.7. The Morgan fingerprint density at radius 2 is 0.586 bits per heavy atom. The molecule has 516 valence electrons. The number of carbonyl (C=O) groups is 4. The normalized spacial score (nSPS) is 14.6. The van der Waals surface area contributed by atoms with Crippen molar-refractivity contribution in [1.29, 1.82) is 0 Å². The second kappa shape index (κ2) is 59.1. The van der Waals surface area contributed by atoms with Gasteiger partial charge < -0.3 is 33.8 Å². The number of hydrogen-bond acceptors (Lipinski definition) is 15. The van der Waals surface area contributed by atoms with Crippen LogP contribution in [0.3, 0.4) is 0 Å². The molecule has 0 aromatic carbocycles. The van der Waals surface area contributed by atoms with Crippen LogP contribution in [0.1, 0.15) is 337 Å². The molecule has 3 N–H and O–H groups in total. The van der Waals surface area contributed by atoms with Crippen LogP contribution in [-0.2, 0) is 65.4 Å². The Balaban J connectivity index is 5.14. The van der Waals surface area contributed by atoms with Crippen molar-refractivity contribution < 1.29 is 80.2 Å². The maximum atomic E-state index is 13.0. The number of ether oxygens (including phenoxy) is 4. The Morgan fingerprint density at radius 3 is 0.874 bits per heavy atom. The summed E-state index contributed by atoms with van der Waals surface area (Å²) >= 11 is 0. The summed E-state index contributed by atoms with van der Waals surface area (Å²) in [6.07, 6.45) is 42.2. The van der Waals surface area contributed by atoms with E-state index in [-0.39, 0.29) is 25.7 Å². The van der Waals surface area contributed by atoms with Gasteiger partial charge in [-0.2, -0.15) is 0 Å². The highest BCUT2D eigenvalue weighted by molar-refractivity contribution is 7.47. The maximum absolute atomic E-state index is 13.0. The van der Waals surface area contributed by atoms with Crippen LogP contribution in [0.4, 0.5) is 0 Å². The van der Waals surface area contributed by atoms with Crippen molar-refractivity contribution in [3.8, 4) is 0 Å². The molecule has 0 aromatic rings. The molecule has 0 rings (SSSR count). The van der Waals surface area contributed by atoms with Crippen molar-refractivity contribution in [2.45, 2.75) is 356 Å². The van der Waals surface area contributed by atoms with Gasteiger partial charge in [-0.15, -0.1) is 0 Å². The van der Waals surface area contributed by atoms with Crippen LogP contribution in [0, 0.1) is 17.8 Å². The molecule has 0 amide bonds. The van der Waals surface area contributed by atoms with Gasteiger partial charge >= 0.3 is 39.5 Å². The van der Waals surface area contributed by atoms with E-state index in [1.165, 1.54) is 141 Å². The van der Waals surface area contributed by atoms with Crippen LogP contribution in [0.15, 0.2) is 0 Å². The Labute approximate surface area is 530 Å². The monoisotopic (exact) mass is 1280 g/mol. The molecule has 0 bridgehead atoms. The maximum Gasteiger partial charge on any atom is 0.472 e. The molecule has 6 atom stereocenters. The second-order valence-electron chi connectivity index (χ2n) is 25.8. The molecule has 0 saturated heterocycles. The van der Waals surface area contributed by atoms with Gasteiger partial charge in [-0.1, -0.05) is 286 Å². The first-order chi connectivity index (χ1) is 41.8. The third-order valence-electron chi connectivity index (χ3n) is 16.0. The number of esters is 4. The molecular formula is C68H132O17P2. The smallest absolute Gasteiger partial charge is 0.462 e. The molecule has 0 radical (unpaired) electrons. The van der Waals surface area contributed by atoms with Crippen molar-refractivity contribution in [1.82, 2.24) is 0 Å². The van der Waals surface area contributed by atoms with Gasteiger partial charge in [0.25, 0.3) is 0 Å². The van der Waals surface area contributed by atoms with Crippen molar-refractivity contribution in [3.63, 3.8) is 0 Å². The lowest BCUT2D eigenvalue weighted by molar-refractivity contribution is -0.161. The zero-order valence-corrected chi connectivity index (χ0v) is 58.3. The van der Waals surface area contributed by atoms with Crippen LogP contribution in [0.2, 0.25) is 0 Å². The van der Waals surface area contributed by atoms with Crippen molar-refractivity contribution in [2.75, 3.05) is 39.6 Å². The number of rotatable bonds is 66. The molecule has 0 aliphatic rings. The molecule has 0 aliphatic heterocycles. The number of hydrogen-bond donors (Lipinski definition) is 3. The zero-order valence-electron chi connectivity index (χ0n) is 56.5. The summed E-state index contributed by atoms with van der Waals surface area (Å²) in [5, 5.41) is 10.5. The summed E-state index contributed by atoms with van der Waals surface area (Å²) in [6, 6.07) is 0. The first-order valence-corrected chi connectivity index (χ1v) is 38.4. The summed E-state index contributed by atoms with van der Waals surface area (Å²) in [5.41, 5.74) is 0. The Hall–Kier alpha value is -1.94. The molecular weight excluding hydrogens is 1150 g/mol. The van der Waals surface area contributed by atoms with Gasteiger partial charge in [0.15, 0.2) is 12.2 Å². The van der Waals surface area contributed by atoms with Crippen LogP contribution in [0.5, 0.6) is 0 Å². The quantitative estimate of drug-likeness (QED) is 0.0222. The van der Waals surface area contributed by atoms with Crippen LogP contribution >= 0.6 is 15.6 Å². The van der Waals surface area contributed by atoms with Crippen molar-refractivity contribution in [3.05, 3.63) is 0 Å². The summed E-state index contributed by atoms with van der Waals surface area (Å²) in [6.45, 7) is 11.7. The summed E-state index contributed by atoms with van der Waals surface area (Å²) in [5.74, 6) is 0.144. The lowest BCUT2D eigenvalue weighted by atomic mass is 9.99. The van der Waals surface area contributed by atoms with E-state index in [0.717, 1.165) is 108 Å². The van der Waals surface area contributed by atoms with Crippen molar-refractivity contribution in [2.24, 2.45) is 17.8 Å². The average molecular weight is 1280 g/mol. The molecule has 3 unspecified atom stereocenters. The first kappa shape index (κ1) is 85.1. The molecule has 0 fully saturated rings. The predicted molar refractivity (Wildman–Crippen MR) is 349 cm³/mol. The molecule has 19 heteroatoms. The Morgan fingerprint density at radius 1 is 0.333 bits per heavy atom. The third-order valence-corrected chi connectivity index (χ3v) is 17.9. The van der Waals surface area contributed by atoms with Gasteiger partial charge in [0.2, 0.25) is 0 Å². The van der Waals surface area contributed by atoms with E-state index in [4.69, 9.17) is 37.0 Å². The van der Waals surface area contributed by atoms with E-state index >= 15 is 0 Å². The number of phosphoric ester groups is 2. The third kappa shape index (κ3) is 61.3. The van der Waals surface area contributed by atoms with Crippen LogP contribution in [0.25, 0.3) is 0 Å². The Kier molecular flexibility index (Phi) is 57.8. The van der Waals surface area contributed by atoms with Gasteiger partial charge in [0, 0.05) is 25.7 Å². The highest BCUT2D eigenvalue weighted by atomic mass is 31.2. The highest BCUT2D eigenvalue weighted by Gasteiger charge is 2.30. The molecule has 17 nitrogen and oxygen atoms in total. The van der Waals surface area contributed by atoms with E-state index in [9.17, 15) is 43.2 Å². The lowest BCUT2D eigenvalue weighted by Crippen LogP contribution is -2.30. The minimum atomic E-state index is -4.95. The molecule has 0 spiro atoms. The van der Waals surface area contributed by atoms with Gasteiger partial charge in [0.05, 0.1) is 26.4 Å². The molecule has 0 aromatic heterocycles. The van der Waals surface area contributed by atoms with Crippen LogP contribution in [-0.4, -0.2) is 96.7 Å². The molecule has 87 heavy (non-hydrogen) atoms. The molecule has 0 saturated carbocycles. The van der Waals surface area contributed by atoms with E-state index in [1.807, 2.05) is 0 Å².